The van der Waals surface area contributed by atoms with E-state index in [-0.39, 0.29) is 0 Å². The van der Waals surface area contributed by atoms with Crippen molar-refractivity contribution in [2.75, 3.05) is 0 Å². The molecule has 6 rings (SSSR count). The van der Waals surface area contributed by atoms with Crippen LogP contribution in [-0.4, -0.2) is 20.1 Å². The normalized spacial score (nSPS) is 18.0. The number of rotatable bonds is 1. The molecule has 5 aromatic rings. The topological polar surface area (TPSA) is 61.8 Å². The van der Waals surface area contributed by atoms with Crippen LogP contribution in [0.1, 0.15) is 16.8 Å². The van der Waals surface area contributed by atoms with Gasteiger partial charge in [0.1, 0.15) is 5.69 Å². The highest BCUT2D eigenvalue weighted by molar-refractivity contribution is 5.90. The van der Waals surface area contributed by atoms with E-state index in [2.05, 4.69) is 4.98 Å². The third-order valence-corrected chi connectivity index (χ3v) is 5.46. The molecule has 2 heterocycles. The van der Waals surface area contributed by atoms with Crippen LogP contribution < -0.4 is 0 Å². The second-order valence-corrected chi connectivity index (χ2v) is 6.91. The third kappa shape index (κ3) is 1.80. The van der Waals surface area contributed by atoms with E-state index in [0.29, 0.717) is 5.69 Å². The molecule has 27 heavy (non-hydrogen) atoms. The Morgan fingerprint density at radius 2 is 1.44 bits per heavy atom. The van der Waals surface area contributed by atoms with E-state index in [4.69, 9.17) is 9.97 Å². The maximum Gasteiger partial charge on any atom is 0.162 e. The lowest BCUT2D eigenvalue weighted by Gasteiger charge is -2.24. The first-order valence-electron chi connectivity index (χ1n) is 8.93. The number of aliphatic hydroxyl groups is 1. The number of hydrogen-bond donors (Lipinski definition) is 2. The van der Waals surface area contributed by atoms with Crippen LogP contribution in [0.3, 0.4) is 0 Å². The summed E-state index contributed by atoms with van der Waals surface area (Å²) in [5.74, 6) is 0. The summed E-state index contributed by atoms with van der Waals surface area (Å²) in [4.78, 5) is 13.0. The van der Waals surface area contributed by atoms with Gasteiger partial charge in [-0.1, -0.05) is 54.6 Å². The van der Waals surface area contributed by atoms with E-state index in [1.165, 1.54) is 0 Å². The highest BCUT2D eigenvalue weighted by atomic mass is 16.3. The average molecular weight is 349 g/mol. The predicted octanol–water partition coefficient (Wildman–Crippen LogP) is 4.38. The number of fused-ring (bicyclic) bond motifs is 5. The number of aromatic nitrogens is 3. The second kappa shape index (κ2) is 5.02. The number of para-hydroxylation sites is 3. The molecule has 3 aromatic carbocycles. The molecule has 4 nitrogen and oxygen atoms in total. The molecule has 1 atom stereocenters. The Morgan fingerprint density at radius 1 is 0.741 bits per heavy atom. The highest BCUT2D eigenvalue weighted by Gasteiger charge is 2.47. The van der Waals surface area contributed by atoms with Crippen molar-refractivity contribution in [2.24, 2.45) is 0 Å². The third-order valence-electron chi connectivity index (χ3n) is 5.46. The van der Waals surface area contributed by atoms with Crippen LogP contribution in [0.2, 0.25) is 0 Å². The van der Waals surface area contributed by atoms with Crippen molar-refractivity contribution >= 4 is 21.9 Å². The van der Waals surface area contributed by atoms with Crippen LogP contribution in [0.25, 0.3) is 33.2 Å². The molecule has 2 N–H and O–H groups in total. The van der Waals surface area contributed by atoms with E-state index in [1.807, 2.05) is 79.0 Å². The van der Waals surface area contributed by atoms with Crippen molar-refractivity contribution in [1.29, 1.82) is 0 Å². The monoisotopic (exact) mass is 349 g/mol. The summed E-state index contributed by atoms with van der Waals surface area (Å²) in [6.07, 6.45) is 1.88. The summed E-state index contributed by atoms with van der Waals surface area (Å²) in [5.41, 5.74) is 5.14. The zero-order valence-electron chi connectivity index (χ0n) is 14.3. The average Bonchev–Trinajstić information content (AvgIpc) is 3.26. The Kier molecular flexibility index (Phi) is 2.73. The molecule has 0 saturated carbocycles. The smallest absolute Gasteiger partial charge is 0.162 e. The van der Waals surface area contributed by atoms with Crippen molar-refractivity contribution in [3.8, 4) is 11.3 Å². The first-order chi connectivity index (χ1) is 13.3. The zero-order chi connectivity index (χ0) is 18.0. The molecule has 1 aliphatic rings. The lowest BCUT2D eigenvalue weighted by molar-refractivity contribution is 0.128. The molecular weight excluding hydrogens is 334 g/mol. The molecule has 0 spiro atoms. The zero-order valence-corrected chi connectivity index (χ0v) is 14.3. The molecule has 0 fully saturated rings. The van der Waals surface area contributed by atoms with Crippen LogP contribution >= 0.6 is 0 Å². The Morgan fingerprint density at radius 3 is 2.33 bits per heavy atom. The van der Waals surface area contributed by atoms with Gasteiger partial charge in [-0.2, -0.15) is 0 Å². The molecule has 0 aliphatic heterocycles. The van der Waals surface area contributed by atoms with E-state index >= 15 is 0 Å². The molecule has 0 bridgehead atoms. The molecule has 0 amide bonds. The first-order valence-corrected chi connectivity index (χ1v) is 8.93. The summed E-state index contributed by atoms with van der Waals surface area (Å²) in [6.45, 7) is 0. The minimum atomic E-state index is -1.34. The molecule has 4 heteroatoms. The number of hydrogen-bond acceptors (Lipinski definition) is 3. The van der Waals surface area contributed by atoms with Gasteiger partial charge in [-0.25, -0.2) is 9.97 Å². The van der Waals surface area contributed by atoms with E-state index in [9.17, 15) is 5.11 Å². The number of nitrogens with zero attached hydrogens (tertiary/aromatic N) is 2. The maximum absolute atomic E-state index is 12.1. The van der Waals surface area contributed by atoms with Crippen LogP contribution in [0, 0.1) is 0 Å². The van der Waals surface area contributed by atoms with Crippen molar-refractivity contribution < 1.29 is 5.11 Å². The SMILES string of the molecule is OC1(c2c[nH]c3ccccc23)c2ccccc2-c2nc3ccccc3nc21. The summed E-state index contributed by atoms with van der Waals surface area (Å²) in [6, 6.07) is 23.7. The first kappa shape index (κ1) is 14.6. The number of benzene rings is 3. The molecule has 1 unspecified atom stereocenters. The highest BCUT2D eigenvalue weighted by Crippen LogP contribution is 2.50. The van der Waals surface area contributed by atoms with E-state index < -0.39 is 5.60 Å². The Balaban J connectivity index is 1.76. The van der Waals surface area contributed by atoms with Crippen LogP contribution in [0.15, 0.2) is 79.0 Å². The summed E-state index contributed by atoms with van der Waals surface area (Å²) < 4.78 is 0. The molecule has 0 radical (unpaired) electrons. The quantitative estimate of drug-likeness (QED) is 0.472. The van der Waals surface area contributed by atoms with Gasteiger partial charge < -0.3 is 10.1 Å². The van der Waals surface area contributed by atoms with Crippen molar-refractivity contribution in [3.63, 3.8) is 0 Å². The van der Waals surface area contributed by atoms with Crippen molar-refractivity contribution in [3.05, 3.63) is 95.8 Å². The predicted molar refractivity (Wildman–Crippen MR) is 105 cm³/mol. The molecule has 2 aromatic heterocycles. The van der Waals surface area contributed by atoms with Gasteiger partial charge in [0.25, 0.3) is 0 Å². The van der Waals surface area contributed by atoms with E-state index in [1.54, 1.807) is 0 Å². The summed E-state index contributed by atoms with van der Waals surface area (Å²) in [7, 11) is 0. The van der Waals surface area contributed by atoms with Crippen molar-refractivity contribution in [2.45, 2.75) is 5.60 Å². The minimum Gasteiger partial charge on any atom is -0.374 e. The Labute approximate surface area is 155 Å². The fraction of sp³-hybridized carbons (Fsp3) is 0.0435. The molecular formula is C23H15N3O. The van der Waals surface area contributed by atoms with Gasteiger partial charge in [0.05, 0.1) is 16.7 Å². The van der Waals surface area contributed by atoms with Gasteiger partial charge >= 0.3 is 0 Å². The van der Waals surface area contributed by atoms with E-state index in [0.717, 1.165) is 44.3 Å². The standard InChI is InChI=1S/C23H15N3O/c27-23(17-13-24-18-10-4-2-7-14(17)18)16-9-3-1-8-15(16)21-22(23)26-20-12-6-5-11-19(20)25-21/h1-13,24,27H. The number of aromatic amines is 1. The second-order valence-electron chi connectivity index (χ2n) is 6.91. The number of nitrogens with one attached hydrogen (secondary N) is 1. The van der Waals surface area contributed by atoms with Gasteiger partial charge in [-0.3, -0.25) is 0 Å². The fourth-order valence-corrected chi connectivity index (χ4v) is 4.22. The van der Waals surface area contributed by atoms with Gasteiger partial charge in [-0.05, 0) is 18.2 Å². The van der Waals surface area contributed by atoms with Gasteiger partial charge in [0.15, 0.2) is 5.60 Å². The molecule has 1 aliphatic carbocycles. The molecule has 128 valence electrons. The summed E-state index contributed by atoms with van der Waals surface area (Å²) >= 11 is 0. The van der Waals surface area contributed by atoms with Gasteiger partial charge in [0.2, 0.25) is 0 Å². The minimum absolute atomic E-state index is 0.590. The lowest BCUT2D eigenvalue weighted by Crippen LogP contribution is -2.27. The fourth-order valence-electron chi connectivity index (χ4n) is 4.22. The van der Waals surface area contributed by atoms with Crippen molar-refractivity contribution in [1.82, 2.24) is 15.0 Å². The lowest BCUT2D eigenvalue weighted by atomic mass is 9.86. The Hall–Kier alpha value is -3.50. The summed E-state index contributed by atoms with van der Waals surface area (Å²) in [5, 5.41) is 13.1. The van der Waals surface area contributed by atoms with Gasteiger partial charge in [-0.15, -0.1) is 0 Å². The van der Waals surface area contributed by atoms with Crippen LogP contribution in [0.4, 0.5) is 0 Å². The number of H-pyrrole nitrogens is 1. The van der Waals surface area contributed by atoms with Gasteiger partial charge in [0, 0.05) is 33.8 Å². The largest absolute Gasteiger partial charge is 0.374 e. The maximum atomic E-state index is 12.1. The van der Waals surface area contributed by atoms with Crippen LogP contribution in [0.5, 0.6) is 0 Å². The Bertz CT molecular complexity index is 1350. The molecule has 0 saturated heterocycles. The van der Waals surface area contributed by atoms with Crippen LogP contribution in [-0.2, 0) is 5.60 Å².